The van der Waals surface area contributed by atoms with Gasteiger partial charge in [-0.3, -0.25) is 4.99 Å². The predicted octanol–water partition coefficient (Wildman–Crippen LogP) is 2.70. The van der Waals surface area contributed by atoms with E-state index >= 15 is 0 Å². The summed E-state index contributed by atoms with van der Waals surface area (Å²) in [6.45, 7) is 3.59. The van der Waals surface area contributed by atoms with Crippen LogP contribution in [0.2, 0.25) is 0 Å². The van der Waals surface area contributed by atoms with Crippen molar-refractivity contribution >= 4 is 15.8 Å². The SMILES string of the molecule is CN=C(NCc1ccc(CS(C)(=O)=O)cc1)NCC(C)c1ccccc1. The maximum atomic E-state index is 11.3. The van der Waals surface area contributed by atoms with E-state index in [9.17, 15) is 8.42 Å². The molecule has 0 spiro atoms. The Labute approximate surface area is 156 Å². The van der Waals surface area contributed by atoms with Crippen LogP contribution in [0.4, 0.5) is 0 Å². The molecule has 0 heterocycles. The molecule has 2 aromatic carbocycles. The van der Waals surface area contributed by atoms with Crippen LogP contribution in [-0.4, -0.2) is 34.2 Å². The largest absolute Gasteiger partial charge is 0.356 e. The van der Waals surface area contributed by atoms with Crippen molar-refractivity contribution in [3.05, 3.63) is 71.3 Å². The van der Waals surface area contributed by atoms with Gasteiger partial charge in [-0.1, -0.05) is 61.5 Å². The number of aliphatic imine (C=N–C) groups is 1. The van der Waals surface area contributed by atoms with Crippen LogP contribution in [0, 0.1) is 0 Å². The topological polar surface area (TPSA) is 70.6 Å². The molecule has 0 saturated carbocycles. The minimum absolute atomic E-state index is 0.0707. The average molecular weight is 374 g/mol. The van der Waals surface area contributed by atoms with Gasteiger partial charge >= 0.3 is 0 Å². The third-order valence-corrected chi connectivity index (χ3v) is 4.94. The monoisotopic (exact) mass is 373 g/mol. The highest BCUT2D eigenvalue weighted by atomic mass is 32.2. The summed E-state index contributed by atoms with van der Waals surface area (Å²) in [4.78, 5) is 4.25. The molecule has 26 heavy (non-hydrogen) atoms. The van der Waals surface area contributed by atoms with Crippen molar-refractivity contribution in [1.82, 2.24) is 10.6 Å². The quantitative estimate of drug-likeness (QED) is 0.578. The van der Waals surface area contributed by atoms with Gasteiger partial charge in [-0.15, -0.1) is 0 Å². The number of hydrogen-bond acceptors (Lipinski definition) is 3. The second kappa shape index (κ2) is 9.38. The fraction of sp³-hybridized carbons (Fsp3) is 0.350. The highest BCUT2D eigenvalue weighted by Gasteiger charge is 2.07. The molecule has 1 atom stereocenters. The number of rotatable bonds is 7. The first kappa shape index (κ1) is 20.0. The zero-order valence-corrected chi connectivity index (χ0v) is 16.4. The summed E-state index contributed by atoms with van der Waals surface area (Å²) in [6.07, 6.45) is 1.24. The van der Waals surface area contributed by atoms with Crippen LogP contribution in [0.1, 0.15) is 29.5 Å². The van der Waals surface area contributed by atoms with Gasteiger partial charge in [0.25, 0.3) is 0 Å². The fourth-order valence-electron chi connectivity index (χ4n) is 2.61. The molecular weight excluding hydrogens is 346 g/mol. The van der Waals surface area contributed by atoms with Crippen molar-refractivity contribution in [2.45, 2.75) is 25.1 Å². The third-order valence-electron chi connectivity index (χ3n) is 4.08. The van der Waals surface area contributed by atoms with E-state index in [1.165, 1.54) is 11.8 Å². The first-order chi connectivity index (χ1) is 12.4. The highest BCUT2D eigenvalue weighted by molar-refractivity contribution is 7.89. The van der Waals surface area contributed by atoms with E-state index < -0.39 is 9.84 Å². The van der Waals surface area contributed by atoms with Crippen molar-refractivity contribution in [1.29, 1.82) is 0 Å². The summed E-state index contributed by atoms with van der Waals surface area (Å²) >= 11 is 0. The lowest BCUT2D eigenvalue weighted by atomic mass is 10.0. The molecule has 0 radical (unpaired) electrons. The Kier molecular flexibility index (Phi) is 7.21. The molecule has 0 saturated heterocycles. The van der Waals surface area contributed by atoms with Gasteiger partial charge in [0.1, 0.15) is 0 Å². The Morgan fingerprint density at radius 2 is 1.62 bits per heavy atom. The Hall–Kier alpha value is -2.34. The number of nitrogens with one attached hydrogen (secondary N) is 2. The van der Waals surface area contributed by atoms with Gasteiger partial charge < -0.3 is 10.6 Å². The number of hydrogen-bond donors (Lipinski definition) is 2. The molecular formula is C20H27N3O2S. The summed E-state index contributed by atoms with van der Waals surface area (Å²) < 4.78 is 22.7. The molecule has 0 aliphatic heterocycles. The summed E-state index contributed by atoms with van der Waals surface area (Å²) in [6, 6.07) is 17.9. The van der Waals surface area contributed by atoms with Gasteiger partial charge in [-0.25, -0.2) is 8.42 Å². The van der Waals surface area contributed by atoms with Crippen LogP contribution in [0.25, 0.3) is 0 Å². The average Bonchev–Trinajstić information content (AvgIpc) is 2.62. The maximum absolute atomic E-state index is 11.3. The zero-order chi connectivity index (χ0) is 19.0. The van der Waals surface area contributed by atoms with Crippen LogP contribution in [0.5, 0.6) is 0 Å². The second-order valence-corrected chi connectivity index (χ2v) is 8.65. The first-order valence-corrected chi connectivity index (χ1v) is 10.7. The van der Waals surface area contributed by atoms with E-state index in [1.807, 2.05) is 42.5 Å². The number of guanidine groups is 1. The summed E-state index contributed by atoms with van der Waals surface area (Å²) in [5.41, 5.74) is 3.16. The molecule has 1 unspecified atom stereocenters. The lowest BCUT2D eigenvalue weighted by molar-refractivity contribution is 0.601. The lowest BCUT2D eigenvalue weighted by Crippen LogP contribution is -2.38. The van der Waals surface area contributed by atoms with E-state index in [0.29, 0.717) is 12.5 Å². The van der Waals surface area contributed by atoms with E-state index in [-0.39, 0.29) is 5.75 Å². The summed E-state index contributed by atoms with van der Waals surface area (Å²) in [7, 11) is -1.26. The van der Waals surface area contributed by atoms with Gasteiger partial charge in [0.05, 0.1) is 5.75 Å². The van der Waals surface area contributed by atoms with Crippen molar-refractivity contribution in [2.75, 3.05) is 19.8 Å². The van der Waals surface area contributed by atoms with Crippen LogP contribution in [0.15, 0.2) is 59.6 Å². The summed E-state index contributed by atoms with van der Waals surface area (Å²) in [5, 5.41) is 6.62. The molecule has 5 nitrogen and oxygen atoms in total. The Morgan fingerprint density at radius 1 is 1.00 bits per heavy atom. The Morgan fingerprint density at radius 3 is 2.19 bits per heavy atom. The molecule has 2 N–H and O–H groups in total. The molecule has 0 fully saturated rings. The molecule has 140 valence electrons. The molecule has 2 aromatic rings. The van der Waals surface area contributed by atoms with Crippen LogP contribution >= 0.6 is 0 Å². The second-order valence-electron chi connectivity index (χ2n) is 6.50. The predicted molar refractivity (Wildman–Crippen MR) is 108 cm³/mol. The molecule has 0 bridgehead atoms. The van der Waals surface area contributed by atoms with E-state index in [1.54, 1.807) is 7.05 Å². The Bertz CT molecular complexity index is 816. The maximum Gasteiger partial charge on any atom is 0.191 e. The molecule has 6 heteroatoms. The normalized spacial score (nSPS) is 13.3. The van der Waals surface area contributed by atoms with Gasteiger partial charge in [0.2, 0.25) is 0 Å². The van der Waals surface area contributed by atoms with E-state index in [2.05, 4.69) is 34.7 Å². The van der Waals surface area contributed by atoms with E-state index in [0.717, 1.165) is 23.6 Å². The standard InChI is InChI=1S/C20H27N3O2S/c1-16(19-7-5-4-6-8-19)13-22-20(21-2)23-14-17-9-11-18(12-10-17)15-26(3,24)25/h4-12,16H,13-15H2,1-3H3,(H2,21,22,23). The highest BCUT2D eigenvalue weighted by Crippen LogP contribution is 2.13. The number of sulfone groups is 1. The van der Waals surface area contributed by atoms with Crippen LogP contribution in [-0.2, 0) is 22.1 Å². The summed E-state index contributed by atoms with van der Waals surface area (Å²) in [5.74, 6) is 1.19. The molecule has 0 amide bonds. The fourth-order valence-corrected chi connectivity index (χ4v) is 3.41. The first-order valence-electron chi connectivity index (χ1n) is 8.62. The van der Waals surface area contributed by atoms with Crippen molar-refractivity contribution in [2.24, 2.45) is 4.99 Å². The van der Waals surface area contributed by atoms with Gasteiger partial charge in [-0.2, -0.15) is 0 Å². The van der Waals surface area contributed by atoms with Gasteiger partial charge in [-0.05, 0) is 22.6 Å². The minimum atomic E-state index is -3.00. The molecule has 0 aliphatic carbocycles. The molecule has 0 aliphatic rings. The van der Waals surface area contributed by atoms with Gasteiger partial charge in [0.15, 0.2) is 15.8 Å². The van der Waals surface area contributed by atoms with Crippen LogP contribution in [0.3, 0.4) is 0 Å². The van der Waals surface area contributed by atoms with Gasteiger partial charge in [0, 0.05) is 26.4 Å². The van der Waals surface area contributed by atoms with Crippen LogP contribution < -0.4 is 10.6 Å². The Balaban J connectivity index is 1.83. The third kappa shape index (κ3) is 6.88. The van der Waals surface area contributed by atoms with Crippen molar-refractivity contribution in [3.63, 3.8) is 0 Å². The molecule has 0 aromatic heterocycles. The number of nitrogens with zero attached hydrogens (tertiary/aromatic N) is 1. The van der Waals surface area contributed by atoms with Crippen molar-refractivity contribution < 1.29 is 8.42 Å². The van der Waals surface area contributed by atoms with Crippen molar-refractivity contribution in [3.8, 4) is 0 Å². The molecule has 2 rings (SSSR count). The minimum Gasteiger partial charge on any atom is -0.356 e. The zero-order valence-electron chi connectivity index (χ0n) is 15.6. The van der Waals surface area contributed by atoms with E-state index in [4.69, 9.17) is 0 Å². The lowest BCUT2D eigenvalue weighted by Gasteiger charge is -2.16. The smallest absolute Gasteiger partial charge is 0.191 e. The number of benzene rings is 2.